The number of benzene rings is 2. The molecular weight excluding hydrogens is 362 g/mol. The highest BCUT2D eigenvalue weighted by Crippen LogP contribution is 2.29. The number of fused-ring (bicyclic) bond motifs is 1. The summed E-state index contributed by atoms with van der Waals surface area (Å²) in [7, 11) is 0. The first kappa shape index (κ1) is 19.5. The quantitative estimate of drug-likeness (QED) is 0.782. The van der Waals surface area contributed by atoms with Crippen LogP contribution in [-0.2, 0) is 11.2 Å². The Morgan fingerprint density at radius 1 is 0.966 bits per heavy atom. The second-order valence-corrected chi connectivity index (χ2v) is 8.07. The number of hydrogen-bond donors (Lipinski definition) is 2. The van der Waals surface area contributed by atoms with Crippen LogP contribution in [0.2, 0.25) is 0 Å². The van der Waals surface area contributed by atoms with Gasteiger partial charge in [-0.25, -0.2) is 0 Å². The smallest absolute Gasteiger partial charge is 0.258 e. The highest BCUT2D eigenvalue weighted by Gasteiger charge is 2.25. The van der Waals surface area contributed by atoms with Crippen LogP contribution in [0.3, 0.4) is 0 Å². The molecule has 1 aliphatic heterocycles. The number of nitrogens with zero attached hydrogens (tertiary/aromatic N) is 1. The molecule has 152 valence electrons. The fourth-order valence-corrected chi connectivity index (χ4v) is 4.33. The van der Waals surface area contributed by atoms with Crippen molar-refractivity contribution in [2.45, 2.75) is 38.5 Å². The summed E-state index contributed by atoms with van der Waals surface area (Å²) in [6.07, 6.45) is 7.25. The lowest BCUT2D eigenvalue weighted by atomic mass is 9.89. The van der Waals surface area contributed by atoms with Gasteiger partial charge in [-0.2, -0.15) is 0 Å². The highest BCUT2D eigenvalue weighted by atomic mass is 16.2. The van der Waals surface area contributed by atoms with Crippen LogP contribution < -0.4 is 15.5 Å². The van der Waals surface area contributed by atoms with Gasteiger partial charge in [-0.1, -0.05) is 37.5 Å². The average molecular weight is 392 g/mol. The molecule has 4 rings (SSSR count). The number of hydrogen-bond acceptors (Lipinski definition) is 3. The first-order valence-corrected chi connectivity index (χ1v) is 10.7. The van der Waals surface area contributed by atoms with Gasteiger partial charge in [0.1, 0.15) is 0 Å². The zero-order valence-electron chi connectivity index (χ0n) is 16.8. The minimum Gasteiger partial charge on any atom is -0.376 e. The topological polar surface area (TPSA) is 61.4 Å². The second-order valence-electron chi connectivity index (χ2n) is 8.07. The second kappa shape index (κ2) is 9.12. The first-order valence-electron chi connectivity index (χ1n) is 10.7. The zero-order chi connectivity index (χ0) is 20.1. The molecule has 0 atom stereocenters. The van der Waals surface area contributed by atoms with Crippen molar-refractivity contribution in [1.29, 1.82) is 0 Å². The molecule has 1 fully saturated rings. The third-order valence-electron chi connectivity index (χ3n) is 6.03. The molecule has 2 aromatic carbocycles. The van der Waals surface area contributed by atoms with Crippen LogP contribution in [0.5, 0.6) is 0 Å². The van der Waals surface area contributed by atoms with Crippen molar-refractivity contribution in [3.8, 4) is 0 Å². The van der Waals surface area contributed by atoms with E-state index < -0.39 is 0 Å². The normalized spacial score (nSPS) is 16.3. The number of rotatable bonds is 6. The Morgan fingerprint density at radius 3 is 2.52 bits per heavy atom. The van der Waals surface area contributed by atoms with E-state index in [-0.39, 0.29) is 18.4 Å². The van der Waals surface area contributed by atoms with E-state index >= 15 is 0 Å². The van der Waals surface area contributed by atoms with E-state index in [1.54, 1.807) is 0 Å². The Kier molecular flexibility index (Phi) is 6.13. The van der Waals surface area contributed by atoms with Gasteiger partial charge in [0, 0.05) is 30.0 Å². The summed E-state index contributed by atoms with van der Waals surface area (Å²) in [4.78, 5) is 26.8. The number of carbonyl (C=O) groups is 2. The lowest BCUT2D eigenvalue weighted by Crippen LogP contribution is -2.34. The van der Waals surface area contributed by atoms with Crippen LogP contribution in [-0.4, -0.2) is 31.4 Å². The number of para-hydroxylation sites is 1. The monoisotopic (exact) mass is 391 g/mol. The predicted octanol–water partition coefficient (Wildman–Crippen LogP) is 4.00. The summed E-state index contributed by atoms with van der Waals surface area (Å²) in [5.74, 6) is 0.671. The van der Waals surface area contributed by atoms with E-state index in [9.17, 15) is 9.59 Å². The van der Waals surface area contributed by atoms with E-state index in [4.69, 9.17) is 0 Å². The molecule has 0 bridgehead atoms. The van der Waals surface area contributed by atoms with Crippen molar-refractivity contribution in [2.24, 2.45) is 5.92 Å². The van der Waals surface area contributed by atoms with E-state index in [0.717, 1.165) is 30.9 Å². The average Bonchev–Trinajstić information content (AvgIpc) is 3.21. The summed E-state index contributed by atoms with van der Waals surface area (Å²) in [5, 5.41) is 6.18. The van der Waals surface area contributed by atoms with Gasteiger partial charge in [0.25, 0.3) is 5.91 Å². The molecular formula is C24H29N3O2. The molecule has 0 unspecified atom stereocenters. The number of anilines is 2. The molecule has 2 N–H and O–H groups in total. The first-order chi connectivity index (χ1) is 14.2. The molecule has 5 nitrogen and oxygen atoms in total. The van der Waals surface area contributed by atoms with Gasteiger partial charge in [0.05, 0.1) is 6.54 Å². The van der Waals surface area contributed by atoms with Crippen molar-refractivity contribution in [2.75, 3.05) is 29.9 Å². The molecule has 2 aliphatic rings. The maximum atomic E-state index is 12.9. The molecule has 2 aromatic rings. The minimum absolute atomic E-state index is 0.0180. The Labute approximate surface area is 172 Å². The van der Waals surface area contributed by atoms with Crippen molar-refractivity contribution < 1.29 is 9.59 Å². The summed E-state index contributed by atoms with van der Waals surface area (Å²) in [6.45, 7) is 1.75. The summed E-state index contributed by atoms with van der Waals surface area (Å²) >= 11 is 0. The molecule has 2 amide bonds. The SMILES string of the molecule is O=C(CNc1ccc(C(=O)N2CCc3ccccc32)cc1)NCC1CCCCC1. The van der Waals surface area contributed by atoms with E-state index in [0.29, 0.717) is 11.5 Å². The maximum absolute atomic E-state index is 12.9. The molecule has 5 heteroatoms. The lowest BCUT2D eigenvalue weighted by Gasteiger charge is -2.21. The fourth-order valence-electron chi connectivity index (χ4n) is 4.33. The summed E-state index contributed by atoms with van der Waals surface area (Å²) in [6, 6.07) is 15.4. The fraction of sp³-hybridized carbons (Fsp3) is 0.417. The van der Waals surface area contributed by atoms with E-state index in [1.807, 2.05) is 47.4 Å². The standard InChI is InChI=1S/C24H29N3O2/c28-23(26-16-18-6-2-1-3-7-18)17-25-21-12-10-20(11-13-21)24(29)27-15-14-19-8-4-5-9-22(19)27/h4-5,8-13,18,25H,1-3,6-7,14-17H2,(H,26,28). The Hall–Kier alpha value is -2.82. The van der Waals surface area contributed by atoms with E-state index in [2.05, 4.69) is 16.7 Å². The summed E-state index contributed by atoms with van der Waals surface area (Å²) in [5.41, 5.74) is 3.73. The lowest BCUT2D eigenvalue weighted by molar-refractivity contribution is -0.119. The number of carbonyl (C=O) groups excluding carboxylic acids is 2. The van der Waals surface area contributed by atoms with Gasteiger partial charge < -0.3 is 15.5 Å². The van der Waals surface area contributed by atoms with E-state index in [1.165, 1.54) is 37.7 Å². The van der Waals surface area contributed by atoms with Crippen LogP contribution in [0.15, 0.2) is 48.5 Å². The van der Waals surface area contributed by atoms with Gasteiger partial charge >= 0.3 is 0 Å². The molecule has 1 aliphatic carbocycles. The molecule has 0 aromatic heterocycles. The van der Waals surface area contributed by atoms with Crippen LogP contribution >= 0.6 is 0 Å². The van der Waals surface area contributed by atoms with Gasteiger partial charge in [0.15, 0.2) is 0 Å². The molecule has 29 heavy (non-hydrogen) atoms. The van der Waals surface area contributed by atoms with Crippen LogP contribution in [0, 0.1) is 5.92 Å². The summed E-state index contributed by atoms with van der Waals surface area (Å²) < 4.78 is 0. The number of amides is 2. The third kappa shape index (κ3) is 4.78. The number of nitrogens with one attached hydrogen (secondary N) is 2. The Balaban J connectivity index is 1.27. The van der Waals surface area contributed by atoms with Crippen molar-refractivity contribution >= 4 is 23.2 Å². The van der Waals surface area contributed by atoms with Crippen molar-refractivity contribution in [1.82, 2.24) is 5.32 Å². The van der Waals surface area contributed by atoms with Gasteiger partial charge in [-0.05, 0) is 61.1 Å². The molecule has 0 spiro atoms. The molecule has 1 heterocycles. The predicted molar refractivity (Wildman–Crippen MR) is 116 cm³/mol. The van der Waals surface area contributed by atoms with Crippen molar-refractivity contribution in [3.63, 3.8) is 0 Å². The largest absolute Gasteiger partial charge is 0.376 e. The zero-order valence-corrected chi connectivity index (χ0v) is 16.8. The maximum Gasteiger partial charge on any atom is 0.258 e. The Bertz CT molecular complexity index is 857. The highest BCUT2D eigenvalue weighted by molar-refractivity contribution is 6.07. The molecule has 0 radical (unpaired) electrons. The third-order valence-corrected chi connectivity index (χ3v) is 6.03. The van der Waals surface area contributed by atoms with Gasteiger partial charge in [-0.3, -0.25) is 9.59 Å². The molecule has 0 saturated heterocycles. The van der Waals surface area contributed by atoms with Crippen LogP contribution in [0.1, 0.15) is 48.0 Å². The van der Waals surface area contributed by atoms with Gasteiger partial charge in [0.2, 0.25) is 5.91 Å². The molecule has 1 saturated carbocycles. The Morgan fingerprint density at radius 2 is 1.72 bits per heavy atom. The van der Waals surface area contributed by atoms with Gasteiger partial charge in [-0.15, -0.1) is 0 Å². The van der Waals surface area contributed by atoms with Crippen molar-refractivity contribution in [3.05, 3.63) is 59.7 Å². The van der Waals surface area contributed by atoms with Crippen LogP contribution in [0.4, 0.5) is 11.4 Å². The van der Waals surface area contributed by atoms with Crippen LogP contribution in [0.25, 0.3) is 0 Å². The minimum atomic E-state index is 0.0180.